The van der Waals surface area contributed by atoms with Gasteiger partial charge in [-0.2, -0.15) is 0 Å². The highest BCUT2D eigenvalue weighted by atomic mass is 16.2. The third-order valence-corrected chi connectivity index (χ3v) is 3.91. The van der Waals surface area contributed by atoms with Crippen LogP contribution >= 0.6 is 0 Å². The van der Waals surface area contributed by atoms with E-state index in [1.54, 1.807) is 6.92 Å². The van der Waals surface area contributed by atoms with Crippen LogP contribution in [-0.2, 0) is 9.59 Å². The molecule has 0 spiro atoms. The minimum atomic E-state index is -0.408. The lowest BCUT2D eigenvalue weighted by Crippen LogP contribution is -2.46. The summed E-state index contributed by atoms with van der Waals surface area (Å²) in [5.74, 6) is 0.692. The van der Waals surface area contributed by atoms with Crippen molar-refractivity contribution in [3.63, 3.8) is 0 Å². The molecule has 0 aromatic carbocycles. The summed E-state index contributed by atoms with van der Waals surface area (Å²) in [6, 6.07) is -0.408. The first-order chi connectivity index (χ1) is 8.86. The second-order valence-corrected chi connectivity index (χ2v) is 5.77. The van der Waals surface area contributed by atoms with E-state index in [0.717, 1.165) is 32.6 Å². The van der Waals surface area contributed by atoms with E-state index < -0.39 is 6.04 Å². The van der Waals surface area contributed by atoms with Gasteiger partial charge in [0.2, 0.25) is 11.8 Å². The molecule has 5 nitrogen and oxygen atoms in total. The van der Waals surface area contributed by atoms with Crippen molar-refractivity contribution in [2.24, 2.45) is 17.6 Å². The van der Waals surface area contributed by atoms with E-state index in [2.05, 4.69) is 0 Å². The van der Waals surface area contributed by atoms with Crippen molar-refractivity contribution in [1.82, 2.24) is 9.80 Å². The van der Waals surface area contributed by atoms with E-state index in [4.69, 9.17) is 5.73 Å². The van der Waals surface area contributed by atoms with Crippen molar-refractivity contribution in [3.05, 3.63) is 0 Å². The van der Waals surface area contributed by atoms with Crippen LogP contribution in [0.1, 0.15) is 34.1 Å². The molecular weight excluding hydrogens is 242 g/mol. The summed E-state index contributed by atoms with van der Waals surface area (Å²) in [5.41, 5.74) is 5.91. The van der Waals surface area contributed by atoms with Crippen molar-refractivity contribution < 1.29 is 9.59 Å². The fourth-order valence-electron chi connectivity index (χ4n) is 2.47. The van der Waals surface area contributed by atoms with Gasteiger partial charge in [0.05, 0.1) is 6.04 Å². The first kappa shape index (κ1) is 16.0. The molecule has 1 heterocycles. The Bertz CT molecular complexity index is 331. The Morgan fingerprint density at radius 1 is 1.42 bits per heavy atom. The largest absolute Gasteiger partial charge is 0.343 e. The minimum Gasteiger partial charge on any atom is -0.343 e. The number of rotatable bonds is 5. The smallest absolute Gasteiger partial charge is 0.239 e. The van der Waals surface area contributed by atoms with E-state index in [-0.39, 0.29) is 17.7 Å². The predicted octanol–water partition coefficient (Wildman–Crippen LogP) is 0.687. The van der Waals surface area contributed by atoms with Crippen LogP contribution in [0.5, 0.6) is 0 Å². The molecule has 0 bridgehead atoms. The third-order valence-electron chi connectivity index (χ3n) is 3.91. The molecule has 1 aliphatic heterocycles. The standard InChI is InChI=1S/C14H27N3O2/c1-5-16(11(4)18)8-12-6-7-17(9-12)14(19)13(15)10(2)3/h10,12-13H,5-9,15H2,1-4H3/t12-,13-/m0/s1. The molecule has 1 saturated heterocycles. The maximum absolute atomic E-state index is 12.1. The summed E-state index contributed by atoms with van der Waals surface area (Å²) in [6.07, 6.45) is 0.959. The number of carbonyl (C=O) groups excluding carboxylic acids is 2. The average molecular weight is 269 g/mol. The highest BCUT2D eigenvalue weighted by molar-refractivity contribution is 5.82. The lowest BCUT2D eigenvalue weighted by molar-refractivity contribution is -0.132. The van der Waals surface area contributed by atoms with Gasteiger partial charge in [-0.25, -0.2) is 0 Å². The first-order valence-corrected chi connectivity index (χ1v) is 7.16. The Morgan fingerprint density at radius 2 is 2.05 bits per heavy atom. The SMILES string of the molecule is CCN(C[C@@H]1CCN(C(=O)[C@@H](N)C(C)C)C1)C(C)=O. The molecule has 110 valence electrons. The molecule has 1 fully saturated rings. The van der Waals surface area contributed by atoms with Crippen LogP contribution in [-0.4, -0.2) is 53.8 Å². The molecule has 0 unspecified atom stereocenters. The van der Waals surface area contributed by atoms with Gasteiger partial charge >= 0.3 is 0 Å². The normalized spacial score (nSPS) is 20.7. The molecule has 0 aliphatic carbocycles. The van der Waals surface area contributed by atoms with Gasteiger partial charge in [-0.05, 0) is 25.2 Å². The Kier molecular flexibility index (Phi) is 5.79. The zero-order valence-corrected chi connectivity index (χ0v) is 12.6. The van der Waals surface area contributed by atoms with Crippen LogP contribution in [0.15, 0.2) is 0 Å². The predicted molar refractivity (Wildman–Crippen MR) is 75.4 cm³/mol. The number of hydrogen-bond acceptors (Lipinski definition) is 3. The lowest BCUT2D eigenvalue weighted by atomic mass is 10.0. The minimum absolute atomic E-state index is 0.0448. The maximum atomic E-state index is 12.1. The van der Waals surface area contributed by atoms with Crippen molar-refractivity contribution in [1.29, 1.82) is 0 Å². The molecule has 0 aromatic rings. The van der Waals surface area contributed by atoms with Gasteiger partial charge in [-0.15, -0.1) is 0 Å². The van der Waals surface area contributed by atoms with E-state index >= 15 is 0 Å². The highest BCUT2D eigenvalue weighted by Crippen LogP contribution is 2.19. The molecular formula is C14H27N3O2. The number of carbonyl (C=O) groups is 2. The Balaban J connectivity index is 2.49. The van der Waals surface area contributed by atoms with Crippen LogP contribution in [0, 0.1) is 11.8 Å². The lowest BCUT2D eigenvalue weighted by Gasteiger charge is -2.25. The first-order valence-electron chi connectivity index (χ1n) is 7.16. The number of likely N-dealkylation sites (tertiary alicyclic amines) is 1. The van der Waals surface area contributed by atoms with Gasteiger partial charge in [0.1, 0.15) is 0 Å². The fourth-order valence-corrected chi connectivity index (χ4v) is 2.47. The van der Waals surface area contributed by atoms with Gasteiger partial charge in [-0.1, -0.05) is 13.8 Å². The van der Waals surface area contributed by atoms with Crippen molar-refractivity contribution in [3.8, 4) is 0 Å². The van der Waals surface area contributed by atoms with Gasteiger partial charge in [0.25, 0.3) is 0 Å². The van der Waals surface area contributed by atoms with Crippen molar-refractivity contribution in [2.45, 2.75) is 40.2 Å². The zero-order valence-electron chi connectivity index (χ0n) is 12.6. The topological polar surface area (TPSA) is 66.6 Å². The molecule has 0 saturated carbocycles. The summed E-state index contributed by atoms with van der Waals surface area (Å²) in [4.78, 5) is 27.2. The fraction of sp³-hybridized carbons (Fsp3) is 0.857. The number of nitrogens with two attached hydrogens (primary N) is 1. The number of hydrogen-bond donors (Lipinski definition) is 1. The summed E-state index contributed by atoms with van der Waals surface area (Å²) >= 11 is 0. The summed E-state index contributed by atoms with van der Waals surface area (Å²) in [5, 5.41) is 0. The van der Waals surface area contributed by atoms with Crippen LogP contribution in [0.4, 0.5) is 0 Å². The van der Waals surface area contributed by atoms with Crippen molar-refractivity contribution in [2.75, 3.05) is 26.2 Å². The molecule has 1 aliphatic rings. The van der Waals surface area contributed by atoms with Crippen molar-refractivity contribution >= 4 is 11.8 Å². The third kappa shape index (κ3) is 4.20. The van der Waals surface area contributed by atoms with Gasteiger partial charge in [0.15, 0.2) is 0 Å². The molecule has 1 rings (SSSR count). The summed E-state index contributed by atoms with van der Waals surface area (Å²) in [6.45, 7) is 10.5. The molecule has 19 heavy (non-hydrogen) atoms. The molecule has 0 aromatic heterocycles. The quantitative estimate of drug-likeness (QED) is 0.798. The summed E-state index contributed by atoms with van der Waals surface area (Å²) in [7, 11) is 0. The van der Waals surface area contributed by atoms with E-state index in [9.17, 15) is 9.59 Å². The zero-order chi connectivity index (χ0) is 14.6. The van der Waals surface area contributed by atoms with Gasteiger partial charge in [0, 0.05) is 33.1 Å². The second kappa shape index (κ2) is 6.89. The van der Waals surface area contributed by atoms with E-state index in [0.29, 0.717) is 5.92 Å². The van der Waals surface area contributed by atoms with Crippen LogP contribution in [0.25, 0.3) is 0 Å². The Hall–Kier alpha value is -1.10. The molecule has 2 N–H and O–H groups in total. The van der Waals surface area contributed by atoms with Crippen LogP contribution in [0.3, 0.4) is 0 Å². The molecule has 2 amide bonds. The Morgan fingerprint density at radius 3 is 2.53 bits per heavy atom. The van der Waals surface area contributed by atoms with Gasteiger partial charge < -0.3 is 15.5 Å². The maximum Gasteiger partial charge on any atom is 0.239 e. The monoisotopic (exact) mass is 269 g/mol. The van der Waals surface area contributed by atoms with E-state index in [1.807, 2.05) is 30.6 Å². The van der Waals surface area contributed by atoms with Crippen LogP contribution < -0.4 is 5.73 Å². The second-order valence-electron chi connectivity index (χ2n) is 5.77. The Labute approximate surface area is 116 Å². The number of amides is 2. The molecule has 2 atom stereocenters. The van der Waals surface area contributed by atoms with E-state index in [1.165, 1.54) is 0 Å². The van der Waals surface area contributed by atoms with Gasteiger partial charge in [-0.3, -0.25) is 9.59 Å². The average Bonchev–Trinajstić information content (AvgIpc) is 2.82. The highest BCUT2D eigenvalue weighted by Gasteiger charge is 2.31. The van der Waals surface area contributed by atoms with Crippen LogP contribution in [0.2, 0.25) is 0 Å². The summed E-state index contributed by atoms with van der Waals surface area (Å²) < 4.78 is 0. The molecule has 0 radical (unpaired) electrons. The number of nitrogens with zero attached hydrogens (tertiary/aromatic N) is 2. The molecule has 5 heteroatoms.